The van der Waals surface area contributed by atoms with Crippen LogP contribution in [0.15, 0.2) is 27.6 Å². The fraction of sp³-hybridized carbons (Fsp3) is 0.500. The molecule has 3 aromatic rings. The predicted octanol–water partition coefficient (Wildman–Crippen LogP) is 1.15. The first kappa shape index (κ1) is 16.8. The molecule has 1 aliphatic heterocycles. The summed E-state index contributed by atoms with van der Waals surface area (Å²) in [6.45, 7) is 6.55. The van der Waals surface area contributed by atoms with Gasteiger partial charge in [-0.15, -0.1) is 0 Å². The summed E-state index contributed by atoms with van der Waals surface area (Å²) < 4.78 is 8.35. The van der Waals surface area contributed by atoms with Crippen LogP contribution in [-0.4, -0.2) is 50.7 Å². The first-order valence-corrected chi connectivity index (χ1v) is 9.05. The molecule has 0 bridgehead atoms. The molecule has 0 spiro atoms. The highest BCUT2D eigenvalue weighted by molar-refractivity contribution is 5.82. The molecular formula is C18H23N5O3. The van der Waals surface area contributed by atoms with Crippen molar-refractivity contribution in [2.75, 3.05) is 19.6 Å². The van der Waals surface area contributed by atoms with E-state index >= 15 is 0 Å². The zero-order valence-electron chi connectivity index (χ0n) is 15.1. The Morgan fingerprint density at radius 2 is 2.27 bits per heavy atom. The molecule has 1 fully saturated rings. The summed E-state index contributed by atoms with van der Waals surface area (Å²) in [5.41, 5.74) is 1.61. The number of furan rings is 1. The average molecular weight is 357 g/mol. The lowest BCUT2D eigenvalue weighted by molar-refractivity contribution is -0.122. The molecule has 1 unspecified atom stereocenters. The zero-order chi connectivity index (χ0) is 18.3. The van der Waals surface area contributed by atoms with Gasteiger partial charge in [0.15, 0.2) is 5.58 Å². The molecule has 8 nitrogen and oxygen atoms in total. The van der Waals surface area contributed by atoms with Crippen LogP contribution in [0.5, 0.6) is 0 Å². The van der Waals surface area contributed by atoms with Crippen molar-refractivity contribution >= 4 is 22.5 Å². The fourth-order valence-electron chi connectivity index (χ4n) is 3.90. The minimum Gasteiger partial charge on any atom is -0.463 e. The number of rotatable bonds is 5. The summed E-state index contributed by atoms with van der Waals surface area (Å²) in [5, 5.41) is 7.26. The van der Waals surface area contributed by atoms with Gasteiger partial charge < -0.3 is 9.73 Å². The Kier molecular flexibility index (Phi) is 4.28. The summed E-state index contributed by atoms with van der Waals surface area (Å²) in [6, 6.07) is 3.88. The van der Waals surface area contributed by atoms with Gasteiger partial charge >= 0.3 is 0 Å². The molecule has 1 aliphatic rings. The van der Waals surface area contributed by atoms with Crippen molar-refractivity contribution < 1.29 is 9.21 Å². The molecule has 1 atom stereocenters. The number of amides is 1. The molecule has 1 amide bonds. The van der Waals surface area contributed by atoms with E-state index in [1.165, 1.54) is 11.1 Å². The van der Waals surface area contributed by atoms with Gasteiger partial charge in [-0.3, -0.25) is 18.9 Å². The maximum Gasteiger partial charge on any atom is 0.291 e. The number of nitrogens with one attached hydrogen (secondary N) is 1. The third kappa shape index (κ3) is 2.80. The molecule has 8 heteroatoms. The molecule has 1 N–H and O–H groups in total. The van der Waals surface area contributed by atoms with Crippen LogP contribution in [0.25, 0.3) is 16.6 Å². The van der Waals surface area contributed by atoms with Crippen molar-refractivity contribution in [2.24, 2.45) is 0 Å². The van der Waals surface area contributed by atoms with Crippen molar-refractivity contribution in [3.63, 3.8) is 0 Å². The van der Waals surface area contributed by atoms with Crippen LogP contribution in [0.4, 0.5) is 0 Å². The molecule has 4 heterocycles. The molecular weight excluding hydrogens is 334 g/mol. The third-order valence-electron chi connectivity index (χ3n) is 5.20. The second-order valence-electron chi connectivity index (χ2n) is 6.77. The van der Waals surface area contributed by atoms with Gasteiger partial charge in [0.25, 0.3) is 5.56 Å². The lowest BCUT2D eigenvalue weighted by Gasteiger charge is -2.22. The van der Waals surface area contributed by atoms with Crippen molar-refractivity contribution in [1.82, 2.24) is 24.4 Å². The minimum absolute atomic E-state index is 0.0818. The van der Waals surface area contributed by atoms with E-state index in [0.29, 0.717) is 29.5 Å². The van der Waals surface area contributed by atoms with Crippen LogP contribution < -0.4 is 10.9 Å². The molecule has 0 aliphatic carbocycles. The Morgan fingerprint density at radius 3 is 3.08 bits per heavy atom. The lowest BCUT2D eigenvalue weighted by atomic mass is 10.2. The van der Waals surface area contributed by atoms with Gasteiger partial charge in [-0.2, -0.15) is 5.10 Å². The van der Waals surface area contributed by atoms with E-state index in [1.807, 2.05) is 6.92 Å². The maximum absolute atomic E-state index is 12.7. The number of aromatic nitrogens is 3. The van der Waals surface area contributed by atoms with E-state index in [4.69, 9.17) is 4.42 Å². The van der Waals surface area contributed by atoms with Crippen molar-refractivity contribution in [1.29, 1.82) is 0 Å². The molecule has 0 aromatic carbocycles. The number of likely N-dealkylation sites (N-methyl/N-ethyl adjacent to an activating group) is 1. The van der Waals surface area contributed by atoms with E-state index < -0.39 is 0 Å². The van der Waals surface area contributed by atoms with Crippen LogP contribution in [0.1, 0.15) is 25.6 Å². The SMILES string of the molecule is CCN1CCCC1CNC(=O)Cn1nc(C)n2c(cc3occc32)c1=O. The van der Waals surface area contributed by atoms with Gasteiger partial charge in [0, 0.05) is 24.7 Å². The largest absolute Gasteiger partial charge is 0.463 e. The van der Waals surface area contributed by atoms with Gasteiger partial charge in [-0.05, 0) is 32.9 Å². The van der Waals surface area contributed by atoms with Crippen LogP contribution in [0.2, 0.25) is 0 Å². The number of likely N-dealkylation sites (tertiary alicyclic amines) is 1. The van der Waals surface area contributed by atoms with Crippen LogP contribution in [0, 0.1) is 6.92 Å². The van der Waals surface area contributed by atoms with Crippen molar-refractivity contribution in [3.8, 4) is 0 Å². The summed E-state index contributed by atoms with van der Waals surface area (Å²) in [5.74, 6) is 0.443. The molecule has 26 heavy (non-hydrogen) atoms. The molecule has 138 valence electrons. The summed E-state index contributed by atoms with van der Waals surface area (Å²) in [6.07, 6.45) is 3.85. The van der Waals surface area contributed by atoms with Gasteiger partial charge in [0.05, 0.1) is 11.8 Å². The molecule has 1 saturated heterocycles. The number of aryl methyl sites for hydroxylation is 1. The Bertz CT molecular complexity index is 1020. The van der Waals surface area contributed by atoms with Crippen LogP contribution >= 0.6 is 0 Å². The number of hydrogen-bond donors (Lipinski definition) is 1. The number of hydrogen-bond acceptors (Lipinski definition) is 5. The topological polar surface area (TPSA) is 84.8 Å². The second kappa shape index (κ2) is 6.60. The summed E-state index contributed by atoms with van der Waals surface area (Å²) in [7, 11) is 0. The van der Waals surface area contributed by atoms with Crippen molar-refractivity contribution in [3.05, 3.63) is 34.6 Å². The van der Waals surface area contributed by atoms with E-state index in [2.05, 4.69) is 22.2 Å². The molecule has 0 saturated carbocycles. The van der Waals surface area contributed by atoms with Crippen molar-refractivity contribution in [2.45, 2.75) is 39.3 Å². The first-order valence-electron chi connectivity index (χ1n) is 9.05. The first-order chi connectivity index (χ1) is 12.6. The van der Waals surface area contributed by atoms with Gasteiger partial charge in [-0.25, -0.2) is 4.68 Å². The Morgan fingerprint density at radius 1 is 1.42 bits per heavy atom. The summed E-state index contributed by atoms with van der Waals surface area (Å²) in [4.78, 5) is 27.4. The quantitative estimate of drug-likeness (QED) is 0.740. The van der Waals surface area contributed by atoms with Gasteiger partial charge in [-0.1, -0.05) is 6.92 Å². The second-order valence-corrected chi connectivity index (χ2v) is 6.77. The standard InChI is InChI=1S/C18H23N5O3/c1-3-21-7-4-5-13(21)10-19-17(24)11-22-18(25)15-9-16-14(6-8-26-16)23(15)12(2)20-22/h6,8-9,13H,3-5,7,10-11H2,1-2H3,(H,19,24). The highest BCUT2D eigenvalue weighted by atomic mass is 16.3. The highest BCUT2D eigenvalue weighted by Crippen LogP contribution is 2.20. The number of fused-ring (bicyclic) bond motifs is 3. The maximum atomic E-state index is 12.7. The smallest absolute Gasteiger partial charge is 0.291 e. The minimum atomic E-state index is -0.298. The monoisotopic (exact) mass is 357 g/mol. The van der Waals surface area contributed by atoms with Gasteiger partial charge in [0.2, 0.25) is 5.91 Å². The highest BCUT2D eigenvalue weighted by Gasteiger charge is 2.23. The Hall–Kier alpha value is -2.61. The fourth-order valence-corrected chi connectivity index (χ4v) is 3.90. The van der Waals surface area contributed by atoms with E-state index in [9.17, 15) is 9.59 Å². The van der Waals surface area contributed by atoms with Crippen LogP contribution in [-0.2, 0) is 11.3 Å². The van der Waals surface area contributed by atoms with Gasteiger partial charge in [0.1, 0.15) is 17.9 Å². The Balaban J connectivity index is 1.52. The lowest BCUT2D eigenvalue weighted by Crippen LogP contribution is -2.42. The predicted molar refractivity (Wildman–Crippen MR) is 97.2 cm³/mol. The van der Waals surface area contributed by atoms with E-state index in [0.717, 1.165) is 25.0 Å². The van der Waals surface area contributed by atoms with E-state index in [1.54, 1.807) is 22.8 Å². The van der Waals surface area contributed by atoms with E-state index in [-0.39, 0.29) is 18.0 Å². The number of nitrogens with zero attached hydrogens (tertiary/aromatic N) is 4. The number of carbonyl (C=O) groups is 1. The average Bonchev–Trinajstić information content (AvgIpc) is 3.32. The normalized spacial score (nSPS) is 18.2. The molecule has 0 radical (unpaired) electrons. The molecule has 4 rings (SSSR count). The Labute approximate surface area is 150 Å². The molecule has 3 aromatic heterocycles. The third-order valence-corrected chi connectivity index (χ3v) is 5.20. The summed E-state index contributed by atoms with van der Waals surface area (Å²) >= 11 is 0. The zero-order valence-corrected chi connectivity index (χ0v) is 15.1. The van der Waals surface area contributed by atoms with Crippen LogP contribution in [0.3, 0.4) is 0 Å². The number of carbonyl (C=O) groups excluding carboxylic acids is 1.